The van der Waals surface area contributed by atoms with Gasteiger partial charge in [-0.05, 0) is 19.1 Å². The number of phenols is 1. The van der Waals surface area contributed by atoms with Gasteiger partial charge in [0.1, 0.15) is 18.2 Å². The molecule has 0 unspecified atom stereocenters. The van der Waals surface area contributed by atoms with Crippen molar-refractivity contribution >= 4 is 12.0 Å². The smallest absolute Gasteiger partial charge is 0.318 e. The Morgan fingerprint density at radius 3 is 2.79 bits per heavy atom. The van der Waals surface area contributed by atoms with Crippen molar-refractivity contribution in [2.24, 2.45) is 4.99 Å². The number of ether oxygens (including phenoxy) is 2. The highest BCUT2D eigenvalue weighted by atomic mass is 16.5. The lowest BCUT2D eigenvalue weighted by atomic mass is 10.1. The summed E-state index contributed by atoms with van der Waals surface area (Å²) < 4.78 is 11.2. The first kappa shape index (κ1) is 21.0. The third kappa shape index (κ3) is 6.40. The van der Waals surface area contributed by atoms with Crippen LogP contribution in [0.25, 0.3) is 0 Å². The molecule has 8 nitrogen and oxygen atoms in total. The zero-order valence-electron chi connectivity index (χ0n) is 17.3. The van der Waals surface area contributed by atoms with Crippen molar-refractivity contribution in [2.75, 3.05) is 58.5 Å². The van der Waals surface area contributed by atoms with Crippen LogP contribution in [0.5, 0.6) is 11.8 Å². The highest BCUT2D eigenvalue weighted by molar-refractivity contribution is 5.83. The first-order valence-corrected chi connectivity index (χ1v) is 9.79. The van der Waals surface area contributed by atoms with Gasteiger partial charge in [0.2, 0.25) is 0 Å². The molecule has 1 N–H and O–H groups in total. The molecule has 8 heteroatoms. The van der Waals surface area contributed by atoms with Gasteiger partial charge in [-0.15, -0.1) is 0 Å². The zero-order chi connectivity index (χ0) is 20.6. The van der Waals surface area contributed by atoms with Crippen LogP contribution in [0.3, 0.4) is 0 Å². The Hall–Kier alpha value is -2.71. The third-order valence-electron chi connectivity index (χ3n) is 4.61. The summed E-state index contributed by atoms with van der Waals surface area (Å²) in [6, 6.07) is 7.67. The Balaban J connectivity index is 1.64. The van der Waals surface area contributed by atoms with E-state index in [1.807, 2.05) is 44.1 Å². The van der Waals surface area contributed by atoms with Gasteiger partial charge in [0, 0.05) is 51.6 Å². The van der Waals surface area contributed by atoms with E-state index in [4.69, 9.17) is 9.47 Å². The number of nitrogens with zero attached hydrogens (tertiary/aromatic N) is 5. The number of benzene rings is 1. The van der Waals surface area contributed by atoms with Gasteiger partial charge in [-0.25, -0.2) is 0 Å². The highest BCUT2D eigenvalue weighted by Crippen LogP contribution is 2.17. The molecule has 1 aliphatic rings. The third-order valence-corrected chi connectivity index (χ3v) is 4.61. The monoisotopic (exact) mass is 399 g/mol. The van der Waals surface area contributed by atoms with Gasteiger partial charge in [0.25, 0.3) is 0 Å². The van der Waals surface area contributed by atoms with Crippen molar-refractivity contribution in [1.82, 2.24) is 14.9 Å². The largest absolute Gasteiger partial charge is 0.507 e. The van der Waals surface area contributed by atoms with E-state index < -0.39 is 0 Å². The topological polar surface area (TPSA) is 83.3 Å². The van der Waals surface area contributed by atoms with E-state index in [-0.39, 0.29) is 5.75 Å². The molecule has 1 aliphatic heterocycles. The predicted molar refractivity (Wildman–Crippen MR) is 113 cm³/mol. The van der Waals surface area contributed by atoms with Gasteiger partial charge in [-0.1, -0.05) is 11.6 Å². The van der Waals surface area contributed by atoms with Crippen molar-refractivity contribution < 1.29 is 14.6 Å². The Morgan fingerprint density at radius 2 is 2.03 bits per heavy atom. The summed E-state index contributed by atoms with van der Waals surface area (Å²) in [6.07, 6.45) is 1.67. The molecular weight excluding hydrogens is 370 g/mol. The number of rotatable bonds is 8. The van der Waals surface area contributed by atoms with E-state index in [1.54, 1.807) is 12.3 Å². The normalized spacial score (nSPS) is 15.0. The molecular formula is C21H29N5O3. The molecule has 0 amide bonds. The van der Waals surface area contributed by atoms with E-state index in [1.165, 1.54) is 0 Å². The van der Waals surface area contributed by atoms with Gasteiger partial charge in [0.05, 0.1) is 25.5 Å². The average molecular weight is 399 g/mol. The second-order valence-electron chi connectivity index (χ2n) is 7.23. The predicted octanol–water partition coefficient (Wildman–Crippen LogP) is 1.89. The second-order valence-corrected chi connectivity index (χ2v) is 7.23. The molecule has 1 saturated heterocycles. The molecule has 0 radical (unpaired) electrons. The summed E-state index contributed by atoms with van der Waals surface area (Å²) >= 11 is 0. The Morgan fingerprint density at radius 1 is 1.24 bits per heavy atom. The van der Waals surface area contributed by atoms with Crippen LogP contribution in [0, 0.1) is 6.92 Å². The number of aromatic nitrogens is 2. The Labute approximate surface area is 171 Å². The van der Waals surface area contributed by atoms with Crippen LogP contribution in [-0.2, 0) is 11.3 Å². The van der Waals surface area contributed by atoms with E-state index in [0.29, 0.717) is 24.7 Å². The minimum absolute atomic E-state index is 0.211. The molecule has 29 heavy (non-hydrogen) atoms. The molecule has 0 aliphatic carbocycles. The fourth-order valence-corrected chi connectivity index (χ4v) is 2.94. The number of aromatic hydroxyl groups is 1. The summed E-state index contributed by atoms with van der Waals surface area (Å²) in [4.78, 5) is 17.6. The number of phenolic OH excluding ortho intramolecular Hbond substituents is 1. The quantitative estimate of drug-likeness (QED) is 0.679. The van der Waals surface area contributed by atoms with Crippen molar-refractivity contribution in [3.8, 4) is 11.8 Å². The molecule has 0 spiro atoms. The van der Waals surface area contributed by atoms with Gasteiger partial charge < -0.3 is 19.5 Å². The summed E-state index contributed by atoms with van der Waals surface area (Å²) in [5.74, 6) is 0.980. The average Bonchev–Trinajstić information content (AvgIpc) is 2.71. The van der Waals surface area contributed by atoms with Crippen molar-refractivity contribution in [2.45, 2.75) is 13.5 Å². The molecule has 2 aromatic rings. The van der Waals surface area contributed by atoms with E-state index in [0.717, 1.165) is 49.9 Å². The number of aryl methyl sites for hydroxylation is 1. The van der Waals surface area contributed by atoms with Gasteiger partial charge in [-0.3, -0.25) is 9.89 Å². The maximum absolute atomic E-state index is 9.94. The minimum atomic E-state index is 0.211. The number of morpholine rings is 1. The minimum Gasteiger partial charge on any atom is -0.507 e. The number of hydrogen-bond donors (Lipinski definition) is 1. The lowest BCUT2D eigenvalue weighted by molar-refractivity contribution is 0.0317. The maximum atomic E-state index is 9.94. The molecule has 2 heterocycles. The SMILES string of the molecule is Cc1ccc(O)c(C=NCc2cc(N(C)C)nc(OCCN3CCOCC3)n2)c1. The Kier molecular flexibility index (Phi) is 7.37. The van der Waals surface area contributed by atoms with Crippen molar-refractivity contribution in [3.63, 3.8) is 0 Å². The zero-order valence-corrected chi connectivity index (χ0v) is 17.3. The summed E-state index contributed by atoms with van der Waals surface area (Å²) in [5.41, 5.74) is 2.51. The molecule has 0 atom stereocenters. The van der Waals surface area contributed by atoms with Crippen LogP contribution in [-0.4, -0.2) is 79.7 Å². The van der Waals surface area contributed by atoms with Crippen LogP contribution in [0.1, 0.15) is 16.8 Å². The fourth-order valence-electron chi connectivity index (χ4n) is 2.94. The molecule has 1 fully saturated rings. The molecule has 156 valence electrons. The van der Waals surface area contributed by atoms with Crippen molar-refractivity contribution in [3.05, 3.63) is 41.1 Å². The fraction of sp³-hybridized carbons (Fsp3) is 0.476. The molecule has 3 rings (SSSR count). The van der Waals surface area contributed by atoms with Gasteiger partial charge in [-0.2, -0.15) is 9.97 Å². The van der Waals surface area contributed by atoms with Crippen LogP contribution >= 0.6 is 0 Å². The Bertz CT molecular complexity index is 835. The summed E-state index contributed by atoms with van der Waals surface area (Å²) in [7, 11) is 3.86. The number of aliphatic imine (C=N–C) groups is 1. The first-order chi connectivity index (χ1) is 14.0. The lowest BCUT2D eigenvalue weighted by Gasteiger charge is -2.26. The number of hydrogen-bond acceptors (Lipinski definition) is 8. The molecule has 1 aromatic carbocycles. The highest BCUT2D eigenvalue weighted by Gasteiger charge is 2.11. The maximum Gasteiger partial charge on any atom is 0.318 e. The van der Waals surface area contributed by atoms with Crippen LogP contribution in [0.2, 0.25) is 0 Å². The van der Waals surface area contributed by atoms with Crippen LogP contribution in [0.4, 0.5) is 5.82 Å². The molecule has 0 saturated carbocycles. The van der Waals surface area contributed by atoms with Crippen LogP contribution < -0.4 is 9.64 Å². The van der Waals surface area contributed by atoms with Gasteiger partial charge in [0.15, 0.2) is 0 Å². The van der Waals surface area contributed by atoms with E-state index in [9.17, 15) is 5.11 Å². The summed E-state index contributed by atoms with van der Waals surface area (Å²) in [5, 5.41) is 9.94. The summed E-state index contributed by atoms with van der Waals surface area (Å²) in [6.45, 7) is 7.08. The molecule has 0 bridgehead atoms. The lowest BCUT2D eigenvalue weighted by Crippen LogP contribution is -2.38. The second kappa shape index (κ2) is 10.2. The van der Waals surface area contributed by atoms with Crippen LogP contribution in [0.15, 0.2) is 29.3 Å². The standard InChI is InChI=1S/C21H29N5O3/c1-16-4-5-19(27)17(12-16)14-22-15-18-13-20(25(2)3)24-21(23-18)29-11-8-26-6-9-28-10-7-26/h4-5,12-14,27H,6-11,15H2,1-3H3. The number of anilines is 1. The first-order valence-electron chi connectivity index (χ1n) is 9.79. The molecule has 1 aromatic heterocycles. The van der Waals surface area contributed by atoms with E-state index in [2.05, 4.69) is 19.9 Å². The van der Waals surface area contributed by atoms with Gasteiger partial charge >= 0.3 is 6.01 Å². The van der Waals surface area contributed by atoms with E-state index >= 15 is 0 Å². The van der Waals surface area contributed by atoms with Crippen molar-refractivity contribution in [1.29, 1.82) is 0 Å².